The summed E-state index contributed by atoms with van der Waals surface area (Å²) in [6.45, 7) is 8.59. The van der Waals surface area contributed by atoms with Crippen LogP contribution >= 0.6 is 0 Å². The molecular formula is C11H18N2O. The van der Waals surface area contributed by atoms with Crippen LogP contribution in [0.5, 0.6) is 0 Å². The van der Waals surface area contributed by atoms with Gasteiger partial charge in [-0.2, -0.15) is 0 Å². The van der Waals surface area contributed by atoms with Gasteiger partial charge in [-0.25, -0.2) is 0 Å². The molecule has 3 nitrogen and oxygen atoms in total. The Bertz CT molecular complexity index is 295. The molecule has 1 fully saturated rings. The number of hydrogen-bond donors (Lipinski definition) is 1. The highest BCUT2D eigenvalue weighted by Gasteiger charge is 2.17. The molecule has 1 aromatic rings. The van der Waals surface area contributed by atoms with Crippen LogP contribution in [0.1, 0.15) is 18.2 Å². The maximum absolute atomic E-state index is 5.44. The fraction of sp³-hybridized carbons (Fsp3) is 0.636. The minimum absolute atomic E-state index is 0.596. The zero-order valence-corrected chi connectivity index (χ0v) is 8.92. The number of aryl methyl sites for hydroxylation is 1. The van der Waals surface area contributed by atoms with Crippen LogP contribution in [0.3, 0.4) is 0 Å². The van der Waals surface area contributed by atoms with Crippen LogP contribution in [-0.4, -0.2) is 30.6 Å². The van der Waals surface area contributed by atoms with Crippen molar-refractivity contribution in [2.45, 2.75) is 26.4 Å². The average molecular weight is 194 g/mol. The monoisotopic (exact) mass is 194 g/mol. The Labute approximate surface area is 85.1 Å². The molecule has 1 aliphatic rings. The number of nitrogens with zero attached hydrogens (tertiary/aromatic N) is 1. The van der Waals surface area contributed by atoms with Gasteiger partial charge in [-0.05, 0) is 25.5 Å². The van der Waals surface area contributed by atoms with Crippen molar-refractivity contribution in [1.29, 1.82) is 0 Å². The van der Waals surface area contributed by atoms with Gasteiger partial charge in [0.05, 0.1) is 12.8 Å². The quantitative estimate of drug-likeness (QED) is 0.771. The molecule has 78 valence electrons. The molecule has 0 unspecified atom stereocenters. The lowest BCUT2D eigenvalue weighted by molar-refractivity contribution is 0.186. The van der Waals surface area contributed by atoms with Crippen LogP contribution < -0.4 is 5.32 Å². The third-order valence-electron chi connectivity index (χ3n) is 2.79. The van der Waals surface area contributed by atoms with E-state index < -0.39 is 0 Å². The maximum Gasteiger partial charge on any atom is 0.120 e. The highest BCUT2D eigenvalue weighted by molar-refractivity contribution is 5.14. The normalized spacial score (nSPS) is 24.0. The van der Waals surface area contributed by atoms with Crippen molar-refractivity contribution in [2.75, 3.05) is 19.6 Å². The lowest BCUT2D eigenvalue weighted by atomic mass is 10.2. The summed E-state index contributed by atoms with van der Waals surface area (Å²) < 4.78 is 5.44. The minimum Gasteiger partial charge on any atom is -0.468 e. The standard InChI is InChI=1S/C11H18N2O/c1-9-3-6-14-11(9)8-13-5-4-12-10(2)7-13/h3,6,10,12H,4-5,7-8H2,1-2H3/t10-/m0/s1. The molecular weight excluding hydrogens is 176 g/mol. The molecule has 0 aromatic carbocycles. The molecule has 0 aliphatic carbocycles. The fourth-order valence-corrected chi connectivity index (χ4v) is 1.92. The first kappa shape index (κ1) is 9.74. The van der Waals surface area contributed by atoms with E-state index >= 15 is 0 Å². The summed E-state index contributed by atoms with van der Waals surface area (Å²) in [5.41, 5.74) is 1.26. The molecule has 1 atom stereocenters. The summed E-state index contributed by atoms with van der Waals surface area (Å²) in [5.74, 6) is 1.11. The lowest BCUT2D eigenvalue weighted by Crippen LogP contribution is -2.48. The van der Waals surface area contributed by atoms with E-state index in [0.29, 0.717) is 6.04 Å². The second kappa shape index (κ2) is 4.15. The first-order chi connectivity index (χ1) is 6.75. The molecule has 2 heterocycles. The van der Waals surface area contributed by atoms with E-state index in [-0.39, 0.29) is 0 Å². The van der Waals surface area contributed by atoms with Crippen molar-refractivity contribution in [2.24, 2.45) is 0 Å². The number of nitrogens with one attached hydrogen (secondary N) is 1. The fourth-order valence-electron chi connectivity index (χ4n) is 1.92. The summed E-state index contributed by atoms with van der Waals surface area (Å²) in [7, 11) is 0. The van der Waals surface area contributed by atoms with Crippen molar-refractivity contribution < 1.29 is 4.42 Å². The Morgan fingerprint density at radius 1 is 1.64 bits per heavy atom. The van der Waals surface area contributed by atoms with Crippen molar-refractivity contribution in [3.63, 3.8) is 0 Å². The van der Waals surface area contributed by atoms with Crippen LogP contribution in [-0.2, 0) is 6.54 Å². The molecule has 1 saturated heterocycles. The average Bonchev–Trinajstić information content (AvgIpc) is 2.52. The van der Waals surface area contributed by atoms with Crippen LogP contribution in [0, 0.1) is 6.92 Å². The molecule has 2 rings (SSSR count). The van der Waals surface area contributed by atoms with E-state index in [1.165, 1.54) is 5.56 Å². The summed E-state index contributed by atoms with van der Waals surface area (Å²) in [4.78, 5) is 2.44. The summed E-state index contributed by atoms with van der Waals surface area (Å²) >= 11 is 0. The van der Waals surface area contributed by atoms with E-state index in [0.717, 1.165) is 31.9 Å². The second-order valence-electron chi connectivity index (χ2n) is 4.12. The van der Waals surface area contributed by atoms with E-state index in [1.54, 1.807) is 6.26 Å². The first-order valence-corrected chi connectivity index (χ1v) is 5.24. The van der Waals surface area contributed by atoms with E-state index in [9.17, 15) is 0 Å². The molecule has 3 heteroatoms. The molecule has 1 aliphatic heterocycles. The lowest BCUT2D eigenvalue weighted by Gasteiger charge is -2.31. The molecule has 0 saturated carbocycles. The van der Waals surface area contributed by atoms with Gasteiger partial charge in [0.25, 0.3) is 0 Å². The Kier molecular flexibility index (Phi) is 2.89. The smallest absolute Gasteiger partial charge is 0.120 e. The Balaban J connectivity index is 1.94. The van der Waals surface area contributed by atoms with Gasteiger partial charge in [-0.3, -0.25) is 4.90 Å². The zero-order chi connectivity index (χ0) is 9.97. The molecule has 0 spiro atoms. The first-order valence-electron chi connectivity index (χ1n) is 5.24. The van der Waals surface area contributed by atoms with Gasteiger partial charge < -0.3 is 9.73 Å². The van der Waals surface area contributed by atoms with E-state index in [1.807, 2.05) is 6.07 Å². The van der Waals surface area contributed by atoms with Crippen LogP contribution in [0.15, 0.2) is 16.7 Å². The SMILES string of the molecule is Cc1ccoc1CN1CCN[C@@H](C)C1. The topological polar surface area (TPSA) is 28.4 Å². The minimum atomic E-state index is 0.596. The largest absolute Gasteiger partial charge is 0.468 e. The van der Waals surface area contributed by atoms with E-state index in [2.05, 4.69) is 24.1 Å². The summed E-state index contributed by atoms with van der Waals surface area (Å²) in [5, 5.41) is 3.43. The highest BCUT2D eigenvalue weighted by Crippen LogP contribution is 2.12. The van der Waals surface area contributed by atoms with Gasteiger partial charge >= 0.3 is 0 Å². The van der Waals surface area contributed by atoms with Gasteiger partial charge in [0.15, 0.2) is 0 Å². The third-order valence-corrected chi connectivity index (χ3v) is 2.79. The molecule has 0 radical (unpaired) electrons. The van der Waals surface area contributed by atoms with Crippen molar-refractivity contribution >= 4 is 0 Å². The predicted octanol–water partition coefficient (Wildman–Crippen LogP) is 1.38. The number of piperazine rings is 1. The Hall–Kier alpha value is -0.800. The molecule has 0 amide bonds. The summed E-state index contributed by atoms with van der Waals surface area (Å²) in [6, 6.07) is 2.63. The van der Waals surface area contributed by atoms with Crippen molar-refractivity contribution in [3.8, 4) is 0 Å². The van der Waals surface area contributed by atoms with Crippen LogP contribution in [0.4, 0.5) is 0 Å². The zero-order valence-electron chi connectivity index (χ0n) is 8.92. The van der Waals surface area contributed by atoms with Gasteiger partial charge in [-0.15, -0.1) is 0 Å². The summed E-state index contributed by atoms with van der Waals surface area (Å²) in [6.07, 6.45) is 1.77. The second-order valence-corrected chi connectivity index (χ2v) is 4.12. The Morgan fingerprint density at radius 3 is 3.14 bits per heavy atom. The number of hydrogen-bond acceptors (Lipinski definition) is 3. The molecule has 0 bridgehead atoms. The van der Waals surface area contributed by atoms with Crippen LogP contribution in [0.2, 0.25) is 0 Å². The number of furan rings is 1. The van der Waals surface area contributed by atoms with Gasteiger partial charge in [0.2, 0.25) is 0 Å². The van der Waals surface area contributed by atoms with Crippen LogP contribution in [0.25, 0.3) is 0 Å². The number of rotatable bonds is 2. The predicted molar refractivity (Wildman–Crippen MR) is 56.2 cm³/mol. The molecule has 1 N–H and O–H groups in total. The van der Waals surface area contributed by atoms with Gasteiger partial charge in [0.1, 0.15) is 5.76 Å². The van der Waals surface area contributed by atoms with E-state index in [4.69, 9.17) is 4.42 Å². The maximum atomic E-state index is 5.44. The third kappa shape index (κ3) is 2.16. The van der Waals surface area contributed by atoms with Gasteiger partial charge in [0, 0.05) is 25.7 Å². The van der Waals surface area contributed by atoms with Crippen molar-refractivity contribution in [1.82, 2.24) is 10.2 Å². The Morgan fingerprint density at radius 2 is 2.50 bits per heavy atom. The molecule has 14 heavy (non-hydrogen) atoms. The molecule has 1 aromatic heterocycles. The van der Waals surface area contributed by atoms with Crippen molar-refractivity contribution in [3.05, 3.63) is 23.7 Å². The highest BCUT2D eigenvalue weighted by atomic mass is 16.3. The van der Waals surface area contributed by atoms with Gasteiger partial charge in [-0.1, -0.05) is 0 Å².